The standard InChI is InChI=1S/C19H27NO3/c1-23-19(22)12-11-18(21)16-7-9-17(10-8-16)20-14-13-15-5-3-2-4-6-15/h7-10,15,20H,2-6,11-14H2,1H3. The van der Waals surface area contributed by atoms with E-state index in [2.05, 4.69) is 10.1 Å². The second kappa shape index (κ2) is 9.33. The summed E-state index contributed by atoms with van der Waals surface area (Å²) >= 11 is 0. The van der Waals surface area contributed by atoms with Crippen LogP contribution < -0.4 is 5.32 Å². The Morgan fingerprint density at radius 2 is 1.78 bits per heavy atom. The summed E-state index contributed by atoms with van der Waals surface area (Å²) in [6, 6.07) is 7.52. The van der Waals surface area contributed by atoms with Gasteiger partial charge in [-0.15, -0.1) is 0 Å². The molecule has 1 fully saturated rings. The number of ketones is 1. The van der Waals surface area contributed by atoms with Crippen LogP contribution in [0, 0.1) is 5.92 Å². The van der Waals surface area contributed by atoms with Crippen LogP contribution in [0.1, 0.15) is 61.7 Å². The molecule has 0 amide bonds. The fourth-order valence-electron chi connectivity index (χ4n) is 3.13. The van der Waals surface area contributed by atoms with Gasteiger partial charge in [0, 0.05) is 24.2 Å². The predicted octanol–water partition coefficient (Wildman–Crippen LogP) is 4.20. The number of benzene rings is 1. The highest BCUT2D eigenvalue weighted by Gasteiger charge is 2.13. The zero-order valence-electron chi connectivity index (χ0n) is 14.0. The van der Waals surface area contributed by atoms with Gasteiger partial charge in [0.2, 0.25) is 0 Å². The summed E-state index contributed by atoms with van der Waals surface area (Å²) in [5.74, 6) is 0.499. The van der Waals surface area contributed by atoms with Crippen molar-refractivity contribution >= 4 is 17.4 Å². The Morgan fingerprint density at radius 3 is 2.43 bits per heavy atom. The number of carbonyl (C=O) groups is 2. The smallest absolute Gasteiger partial charge is 0.305 e. The van der Waals surface area contributed by atoms with Crippen molar-refractivity contribution in [2.75, 3.05) is 19.0 Å². The number of carbonyl (C=O) groups excluding carboxylic acids is 2. The summed E-state index contributed by atoms with van der Waals surface area (Å²) < 4.78 is 4.55. The number of hydrogen-bond donors (Lipinski definition) is 1. The van der Waals surface area contributed by atoms with Crippen molar-refractivity contribution in [2.24, 2.45) is 5.92 Å². The number of ether oxygens (including phenoxy) is 1. The van der Waals surface area contributed by atoms with Crippen LogP contribution in [0.4, 0.5) is 5.69 Å². The fourth-order valence-corrected chi connectivity index (χ4v) is 3.13. The molecule has 23 heavy (non-hydrogen) atoms. The summed E-state index contributed by atoms with van der Waals surface area (Å²) in [6.07, 6.45) is 8.46. The van der Waals surface area contributed by atoms with Gasteiger partial charge in [0.05, 0.1) is 13.5 Å². The molecule has 2 rings (SSSR count). The SMILES string of the molecule is COC(=O)CCC(=O)c1ccc(NCCC2CCCCC2)cc1. The molecule has 1 aromatic rings. The van der Waals surface area contributed by atoms with Crippen molar-refractivity contribution in [1.29, 1.82) is 0 Å². The average Bonchev–Trinajstić information content (AvgIpc) is 2.61. The molecule has 0 saturated heterocycles. The predicted molar refractivity (Wildman–Crippen MR) is 91.7 cm³/mol. The number of methoxy groups -OCH3 is 1. The number of esters is 1. The van der Waals surface area contributed by atoms with Crippen LogP contribution in [-0.2, 0) is 9.53 Å². The molecule has 0 radical (unpaired) electrons. The van der Waals surface area contributed by atoms with Crippen molar-refractivity contribution in [3.63, 3.8) is 0 Å². The van der Waals surface area contributed by atoms with Gasteiger partial charge in [0.25, 0.3) is 0 Å². The molecule has 0 atom stereocenters. The molecular formula is C19H27NO3. The highest BCUT2D eigenvalue weighted by atomic mass is 16.5. The minimum Gasteiger partial charge on any atom is -0.469 e. The van der Waals surface area contributed by atoms with Gasteiger partial charge >= 0.3 is 5.97 Å². The van der Waals surface area contributed by atoms with Gasteiger partial charge in [-0.25, -0.2) is 0 Å². The second-order valence-corrected chi connectivity index (χ2v) is 6.30. The van der Waals surface area contributed by atoms with E-state index in [4.69, 9.17) is 0 Å². The lowest BCUT2D eigenvalue weighted by molar-refractivity contribution is -0.140. The van der Waals surface area contributed by atoms with Crippen LogP contribution in [0.2, 0.25) is 0 Å². The van der Waals surface area contributed by atoms with Gasteiger partial charge in [0.15, 0.2) is 5.78 Å². The van der Waals surface area contributed by atoms with Crippen molar-refractivity contribution in [1.82, 2.24) is 0 Å². The Balaban J connectivity index is 1.73. The molecular weight excluding hydrogens is 290 g/mol. The normalized spacial score (nSPS) is 15.2. The third-order valence-electron chi connectivity index (χ3n) is 4.60. The first-order chi connectivity index (χ1) is 11.2. The molecule has 0 aromatic heterocycles. The molecule has 0 bridgehead atoms. The summed E-state index contributed by atoms with van der Waals surface area (Å²) in [5, 5.41) is 3.43. The molecule has 1 aliphatic rings. The van der Waals surface area contributed by atoms with Crippen LogP contribution in [0.25, 0.3) is 0 Å². The molecule has 4 nitrogen and oxygen atoms in total. The minimum atomic E-state index is -0.348. The molecule has 1 N–H and O–H groups in total. The topological polar surface area (TPSA) is 55.4 Å². The van der Waals surface area contributed by atoms with Crippen molar-refractivity contribution in [3.05, 3.63) is 29.8 Å². The molecule has 0 heterocycles. The molecule has 4 heteroatoms. The average molecular weight is 317 g/mol. The number of anilines is 1. The van der Waals surface area contributed by atoms with Crippen molar-refractivity contribution in [2.45, 2.75) is 51.4 Å². The maximum Gasteiger partial charge on any atom is 0.305 e. The highest BCUT2D eigenvalue weighted by molar-refractivity contribution is 5.97. The maximum absolute atomic E-state index is 12.0. The van der Waals surface area contributed by atoms with Crippen LogP contribution in [0.5, 0.6) is 0 Å². The highest BCUT2D eigenvalue weighted by Crippen LogP contribution is 2.26. The largest absolute Gasteiger partial charge is 0.469 e. The molecule has 1 aromatic carbocycles. The molecule has 126 valence electrons. The second-order valence-electron chi connectivity index (χ2n) is 6.30. The van der Waals surface area contributed by atoms with E-state index in [1.165, 1.54) is 45.6 Å². The van der Waals surface area contributed by atoms with E-state index in [0.717, 1.165) is 18.2 Å². The summed E-state index contributed by atoms with van der Waals surface area (Å²) in [5.41, 5.74) is 1.69. The number of hydrogen-bond acceptors (Lipinski definition) is 4. The Bertz CT molecular complexity index is 504. The fraction of sp³-hybridized carbons (Fsp3) is 0.579. The summed E-state index contributed by atoms with van der Waals surface area (Å²) in [4.78, 5) is 23.0. The first kappa shape index (κ1) is 17.5. The molecule has 0 unspecified atom stereocenters. The van der Waals surface area contributed by atoms with E-state index in [0.29, 0.717) is 5.56 Å². The van der Waals surface area contributed by atoms with Gasteiger partial charge in [-0.2, -0.15) is 0 Å². The third kappa shape index (κ3) is 6.05. The molecule has 1 aliphatic carbocycles. The molecule has 0 spiro atoms. The first-order valence-corrected chi connectivity index (χ1v) is 8.63. The van der Waals surface area contributed by atoms with Gasteiger partial charge in [-0.1, -0.05) is 32.1 Å². The van der Waals surface area contributed by atoms with Gasteiger partial charge in [-0.05, 0) is 36.6 Å². The van der Waals surface area contributed by atoms with Crippen molar-refractivity contribution < 1.29 is 14.3 Å². The minimum absolute atomic E-state index is 0.0239. The van der Waals surface area contributed by atoms with E-state index in [9.17, 15) is 9.59 Å². The first-order valence-electron chi connectivity index (χ1n) is 8.63. The third-order valence-corrected chi connectivity index (χ3v) is 4.60. The number of rotatable bonds is 8. The number of nitrogens with one attached hydrogen (secondary N) is 1. The van der Waals surface area contributed by atoms with Crippen LogP contribution in [-0.4, -0.2) is 25.4 Å². The monoisotopic (exact) mass is 317 g/mol. The van der Waals surface area contributed by atoms with Gasteiger partial charge in [-0.3, -0.25) is 9.59 Å². The molecule has 0 aliphatic heterocycles. The van der Waals surface area contributed by atoms with E-state index in [-0.39, 0.29) is 24.6 Å². The van der Waals surface area contributed by atoms with Gasteiger partial charge in [0.1, 0.15) is 0 Å². The summed E-state index contributed by atoms with van der Waals surface area (Å²) in [6.45, 7) is 0.986. The van der Waals surface area contributed by atoms with Crippen LogP contribution in [0.15, 0.2) is 24.3 Å². The zero-order valence-corrected chi connectivity index (χ0v) is 14.0. The van der Waals surface area contributed by atoms with Crippen LogP contribution in [0.3, 0.4) is 0 Å². The lowest BCUT2D eigenvalue weighted by Crippen LogP contribution is -2.12. The van der Waals surface area contributed by atoms with Gasteiger partial charge < -0.3 is 10.1 Å². The van der Waals surface area contributed by atoms with E-state index < -0.39 is 0 Å². The number of Topliss-reactive ketones (excluding diaryl/α,β-unsaturated/α-hetero) is 1. The Kier molecular flexibility index (Phi) is 7.11. The lowest BCUT2D eigenvalue weighted by Gasteiger charge is -2.21. The Morgan fingerprint density at radius 1 is 1.09 bits per heavy atom. The van der Waals surface area contributed by atoms with E-state index in [1.807, 2.05) is 24.3 Å². The van der Waals surface area contributed by atoms with E-state index >= 15 is 0 Å². The van der Waals surface area contributed by atoms with E-state index in [1.54, 1.807) is 0 Å². The summed E-state index contributed by atoms with van der Waals surface area (Å²) in [7, 11) is 1.33. The maximum atomic E-state index is 12.0. The Hall–Kier alpha value is -1.84. The van der Waals surface area contributed by atoms with Crippen LogP contribution >= 0.6 is 0 Å². The Labute approximate surface area is 138 Å². The molecule has 1 saturated carbocycles. The quantitative estimate of drug-likeness (QED) is 0.576. The lowest BCUT2D eigenvalue weighted by atomic mass is 9.87. The van der Waals surface area contributed by atoms with Crippen molar-refractivity contribution in [3.8, 4) is 0 Å². The zero-order chi connectivity index (χ0) is 16.5.